The number of hydrogen-bond acceptors (Lipinski definition) is 3. The highest BCUT2D eigenvalue weighted by Crippen LogP contribution is 2.22. The Hall–Kier alpha value is -0.820. The normalized spacial score (nSPS) is 20.4. The number of likely N-dealkylation sites (tertiary alicyclic amines) is 1. The molecule has 1 saturated heterocycles. The van der Waals surface area contributed by atoms with E-state index in [2.05, 4.69) is 22.6 Å². The van der Waals surface area contributed by atoms with Crippen LogP contribution in [0.5, 0.6) is 5.75 Å². The van der Waals surface area contributed by atoms with E-state index in [-0.39, 0.29) is 17.7 Å². The van der Waals surface area contributed by atoms with Gasteiger partial charge in [0.15, 0.2) is 0 Å². The number of piperidine rings is 1. The Morgan fingerprint density at radius 3 is 3.00 bits per heavy atom. The van der Waals surface area contributed by atoms with Gasteiger partial charge in [-0.2, -0.15) is 0 Å². The van der Waals surface area contributed by atoms with Gasteiger partial charge in [0.05, 0.1) is 5.56 Å². The summed E-state index contributed by atoms with van der Waals surface area (Å²) in [5.41, 5.74) is 6.22. The SMILES string of the molecule is NC1CCCN(C(=O)c2cc(I)ccc2O)C1. The summed E-state index contributed by atoms with van der Waals surface area (Å²) in [6, 6.07) is 5.09. The van der Waals surface area contributed by atoms with Gasteiger partial charge in [-0.3, -0.25) is 4.79 Å². The summed E-state index contributed by atoms with van der Waals surface area (Å²) in [6.07, 6.45) is 1.89. The van der Waals surface area contributed by atoms with Crippen molar-refractivity contribution in [3.05, 3.63) is 27.3 Å². The van der Waals surface area contributed by atoms with E-state index in [0.717, 1.165) is 23.0 Å². The van der Waals surface area contributed by atoms with Gasteiger partial charge in [0.25, 0.3) is 5.91 Å². The van der Waals surface area contributed by atoms with Crippen LogP contribution in [0.2, 0.25) is 0 Å². The van der Waals surface area contributed by atoms with Crippen molar-refractivity contribution in [2.24, 2.45) is 5.73 Å². The molecule has 1 unspecified atom stereocenters. The molecule has 1 heterocycles. The fraction of sp³-hybridized carbons (Fsp3) is 0.417. The van der Waals surface area contributed by atoms with Crippen molar-refractivity contribution in [3.8, 4) is 5.75 Å². The number of halogens is 1. The molecule has 3 N–H and O–H groups in total. The zero-order chi connectivity index (χ0) is 12.4. The van der Waals surface area contributed by atoms with Crippen molar-refractivity contribution >= 4 is 28.5 Å². The smallest absolute Gasteiger partial charge is 0.257 e. The van der Waals surface area contributed by atoms with Crippen LogP contribution in [0.4, 0.5) is 0 Å². The molecule has 1 aliphatic heterocycles. The van der Waals surface area contributed by atoms with E-state index in [1.54, 1.807) is 23.1 Å². The van der Waals surface area contributed by atoms with Crippen molar-refractivity contribution in [1.82, 2.24) is 4.90 Å². The second kappa shape index (κ2) is 5.22. The Kier molecular flexibility index (Phi) is 3.88. The Balaban J connectivity index is 2.21. The van der Waals surface area contributed by atoms with E-state index in [0.29, 0.717) is 12.1 Å². The van der Waals surface area contributed by atoms with Gasteiger partial charge in [-0.05, 0) is 53.6 Å². The van der Waals surface area contributed by atoms with Crippen molar-refractivity contribution < 1.29 is 9.90 Å². The maximum atomic E-state index is 12.2. The van der Waals surface area contributed by atoms with Gasteiger partial charge in [0.2, 0.25) is 0 Å². The summed E-state index contributed by atoms with van der Waals surface area (Å²) in [4.78, 5) is 13.9. The lowest BCUT2D eigenvalue weighted by Gasteiger charge is -2.31. The topological polar surface area (TPSA) is 66.6 Å². The minimum atomic E-state index is -0.129. The Bertz CT molecular complexity index is 437. The quantitative estimate of drug-likeness (QED) is 0.759. The van der Waals surface area contributed by atoms with Gasteiger partial charge in [0.1, 0.15) is 5.75 Å². The van der Waals surface area contributed by atoms with Crippen LogP contribution in [0.25, 0.3) is 0 Å². The molecule has 4 nitrogen and oxygen atoms in total. The molecule has 1 atom stereocenters. The molecular weight excluding hydrogens is 331 g/mol. The molecule has 0 bridgehead atoms. The van der Waals surface area contributed by atoms with Crippen molar-refractivity contribution in [2.75, 3.05) is 13.1 Å². The minimum Gasteiger partial charge on any atom is -0.507 e. The first-order valence-corrected chi connectivity index (χ1v) is 6.69. The van der Waals surface area contributed by atoms with E-state index < -0.39 is 0 Å². The first-order valence-electron chi connectivity index (χ1n) is 5.61. The van der Waals surface area contributed by atoms with Crippen LogP contribution >= 0.6 is 22.6 Å². The van der Waals surface area contributed by atoms with Crippen LogP contribution in [-0.2, 0) is 0 Å². The lowest BCUT2D eigenvalue weighted by molar-refractivity contribution is 0.0705. The van der Waals surface area contributed by atoms with Crippen LogP contribution in [0.15, 0.2) is 18.2 Å². The lowest BCUT2D eigenvalue weighted by atomic mass is 10.1. The van der Waals surface area contributed by atoms with E-state index >= 15 is 0 Å². The molecule has 2 rings (SSSR count). The van der Waals surface area contributed by atoms with Gasteiger partial charge in [0, 0.05) is 22.7 Å². The molecule has 5 heteroatoms. The first-order chi connectivity index (χ1) is 8.08. The standard InChI is InChI=1S/C12H15IN2O2/c13-8-3-4-11(16)10(6-8)12(17)15-5-1-2-9(14)7-15/h3-4,6,9,16H,1-2,5,7,14H2. The maximum absolute atomic E-state index is 12.2. The van der Waals surface area contributed by atoms with Gasteiger partial charge >= 0.3 is 0 Å². The van der Waals surface area contributed by atoms with Crippen LogP contribution in [0.3, 0.4) is 0 Å². The van der Waals surface area contributed by atoms with Crippen LogP contribution < -0.4 is 5.73 Å². The summed E-state index contributed by atoms with van der Waals surface area (Å²) >= 11 is 2.12. The number of benzene rings is 1. The molecule has 1 fully saturated rings. The monoisotopic (exact) mass is 346 g/mol. The molecule has 1 amide bonds. The van der Waals surface area contributed by atoms with Crippen molar-refractivity contribution in [2.45, 2.75) is 18.9 Å². The summed E-state index contributed by atoms with van der Waals surface area (Å²) < 4.78 is 0.935. The highest BCUT2D eigenvalue weighted by atomic mass is 127. The van der Waals surface area contributed by atoms with Gasteiger partial charge in [-0.25, -0.2) is 0 Å². The maximum Gasteiger partial charge on any atom is 0.257 e. The number of phenolic OH excluding ortho intramolecular Hbond substituents is 1. The number of amides is 1. The molecule has 0 aliphatic carbocycles. The summed E-state index contributed by atoms with van der Waals surface area (Å²) in [7, 11) is 0. The number of aromatic hydroxyl groups is 1. The molecule has 1 aromatic rings. The number of carbonyl (C=O) groups excluding carboxylic acids is 1. The van der Waals surface area contributed by atoms with Crippen LogP contribution in [-0.4, -0.2) is 35.0 Å². The number of rotatable bonds is 1. The summed E-state index contributed by atoms with van der Waals surface area (Å²) in [5.74, 6) is -0.0919. The van der Waals surface area contributed by atoms with Gasteiger partial charge < -0.3 is 15.7 Å². The van der Waals surface area contributed by atoms with E-state index in [4.69, 9.17) is 5.73 Å². The van der Waals surface area contributed by atoms with E-state index in [1.807, 2.05) is 0 Å². The average molecular weight is 346 g/mol. The van der Waals surface area contributed by atoms with Crippen molar-refractivity contribution in [3.63, 3.8) is 0 Å². The molecule has 92 valence electrons. The second-order valence-electron chi connectivity index (χ2n) is 4.31. The van der Waals surface area contributed by atoms with Crippen molar-refractivity contribution in [1.29, 1.82) is 0 Å². The second-order valence-corrected chi connectivity index (χ2v) is 5.56. The molecule has 0 saturated carbocycles. The van der Waals surface area contributed by atoms with Gasteiger partial charge in [-0.15, -0.1) is 0 Å². The fourth-order valence-corrected chi connectivity index (χ4v) is 2.54. The number of hydrogen-bond donors (Lipinski definition) is 2. The molecule has 0 radical (unpaired) electrons. The molecule has 1 aromatic carbocycles. The average Bonchev–Trinajstić information content (AvgIpc) is 2.31. The molecular formula is C12H15IN2O2. The highest BCUT2D eigenvalue weighted by Gasteiger charge is 2.24. The third-order valence-corrected chi connectivity index (χ3v) is 3.61. The Morgan fingerprint density at radius 2 is 2.29 bits per heavy atom. The fourth-order valence-electron chi connectivity index (χ4n) is 2.04. The highest BCUT2D eigenvalue weighted by molar-refractivity contribution is 14.1. The molecule has 0 aromatic heterocycles. The summed E-state index contributed by atoms with van der Waals surface area (Å²) in [5, 5.41) is 9.72. The molecule has 0 spiro atoms. The lowest BCUT2D eigenvalue weighted by Crippen LogP contribution is -2.45. The number of carbonyl (C=O) groups is 1. The predicted octanol–water partition coefficient (Wildman–Crippen LogP) is 1.56. The third kappa shape index (κ3) is 2.90. The number of nitrogens with two attached hydrogens (primary N) is 1. The predicted molar refractivity (Wildman–Crippen MR) is 73.9 cm³/mol. The Morgan fingerprint density at radius 1 is 1.53 bits per heavy atom. The first kappa shape index (κ1) is 12.6. The van der Waals surface area contributed by atoms with E-state index in [9.17, 15) is 9.90 Å². The Labute approximate surface area is 114 Å². The number of nitrogens with zero attached hydrogens (tertiary/aromatic N) is 1. The minimum absolute atomic E-state index is 0.0366. The van der Waals surface area contributed by atoms with Crippen LogP contribution in [0, 0.1) is 3.57 Å². The third-order valence-electron chi connectivity index (χ3n) is 2.93. The molecule has 1 aliphatic rings. The zero-order valence-electron chi connectivity index (χ0n) is 9.40. The molecule has 17 heavy (non-hydrogen) atoms. The van der Waals surface area contributed by atoms with Gasteiger partial charge in [-0.1, -0.05) is 0 Å². The largest absolute Gasteiger partial charge is 0.507 e. The van der Waals surface area contributed by atoms with E-state index in [1.165, 1.54) is 0 Å². The van der Waals surface area contributed by atoms with Crippen LogP contribution in [0.1, 0.15) is 23.2 Å². The number of phenols is 1. The zero-order valence-corrected chi connectivity index (χ0v) is 11.6. The summed E-state index contributed by atoms with van der Waals surface area (Å²) in [6.45, 7) is 1.29.